The Morgan fingerprint density at radius 1 is 1.04 bits per heavy atom. The second kappa shape index (κ2) is 5.93. The number of nitrogens with one attached hydrogen (secondary N) is 1. The summed E-state index contributed by atoms with van der Waals surface area (Å²) in [6, 6.07) is 22.4. The number of ether oxygens (including phenoxy) is 1. The van der Waals surface area contributed by atoms with E-state index in [-0.39, 0.29) is 6.10 Å². The van der Waals surface area contributed by atoms with Gasteiger partial charge in [0.1, 0.15) is 11.4 Å². The Balaban J connectivity index is 1.78. The zero-order valence-electron chi connectivity index (χ0n) is 13.7. The SMILES string of the molecule is CNCC1(O)Cc2ccccc2C1Oc1cccc2ccccc12. The highest BCUT2D eigenvalue weighted by Crippen LogP contribution is 2.43. The number of likely N-dealkylation sites (N-methyl/N-ethyl adjacent to an activating group) is 1. The molecule has 1 aliphatic carbocycles. The maximum absolute atomic E-state index is 11.2. The third-order valence-electron chi connectivity index (χ3n) is 4.80. The van der Waals surface area contributed by atoms with Crippen LogP contribution < -0.4 is 10.1 Å². The molecule has 0 fully saturated rings. The summed E-state index contributed by atoms with van der Waals surface area (Å²) >= 11 is 0. The van der Waals surface area contributed by atoms with Crippen molar-refractivity contribution in [1.82, 2.24) is 5.32 Å². The first-order valence-corrected chi connectivity index (χ1v) is 8.30. The number of benzene rings is 3. The summed E-state index contributed by atoms with van der Waals surface area (Å²) in [6.45, 7) is 0.483. The zero-order valence-corrected chi connectivity index (χ0v) is 13.7. The van der Waals surface area contributed by atoms with Crippen molar-refractivity contribution in [3.05, 3.63) is 77.9 Å². The summed E-state index contributed by atoms with van der Waals surface area (Å²) in [5, 5.41) is 16.5. The molecule has 0 bridgehead atoms. The van der Waals surface area contributed by atoms with E-state index in [4.69, 9.17) is 4.74 Å². The topological polar surface area (TPSA) is 41.5 Å². The molecule has 0 spiro atoms. The van der Waals surface area contributed by atoms with Gasteiger partial charge in [-0.25, -0.2) is 0 Å². The van der Waals surface area contributed by atoms with Crippen molar-refractivity contribution in [2.45, 2.75) is 18.1 Å². The minimum Gasteiger partial charge on any atom is -0.482 e. The van der Waals surface area contributed by atoms with Gasteiger partial charge < -0.3 is 15.2 Å². The number of aliphatic hydroxyl groups is 1. The first kappa shape index (κ1) is 15.2. The van der Waals surface area contributed by atoms with Gasteiger partial charge in [-0.05, 0) is 29.6 Å². The van der Waals surface area contributed by atoms with Crippen LogP contribution >= 0.6 is 0 Å². The average Bonchev–Trinajstić information content (AvgIpc) is 2.87. The quantitative estimate of drug-likeness (QED) is 0.774. The van der Waals surface area contributed by atoms with E-state index >= 15 is 0 Å². The van der Waals surface area contributed by atoms with Crippen molar-refractivity contribution in [3.63, 3.8) is 0 Å². The minimum absolute atomic E-state index is 0.382. The highest BCUT2D eigenvalue weighted by molar-refractivity contribution is 5.88. The molecule has 3 nitrogen and oxygen atoms in total. The Morgan fingerprint density at radius 2 is 1.79 bits per heavy atom. The van der Waals surface area contributed by atoms with Crippen LogP contribution in [-0.4, -0.2) is 24.3 Å². The Bertz CT molecular complexity index is 871. The van der Waals surface area contributed by atoms with E-state index in [1.54, 1.807) is 0 Å². The third-order valence-corrected chi connectivity index (χ3v) is 4.80. The van der Waals surface area contributed by atoms with E-state index < -0.39 is 5.60 Å². The molecule has 0 aromatic heterocycles. The monoisotopic (exact) mass is 319 g/mol. The maximum atomic E-state index is 11.2. The molecule has 0 heterocycles. The number of rotatable bonds is 4. The van der Waals surface area contributed by atoms with E-state index in [9.17, 15) is 5.11 Å². The molecule has 0 radical (unpaired) electrons. The van der Waals surface area contributed by atoms with Gasteiger partial charge in [-0.2, -0.15) is 0 Å². The van der Waals surface area contributed by atoms with Crippen LogP contribution in [0.15, 0.2) is 66.7 Å². The smallest absolute Gasteiger partial charge is 0.154 e. The van der Waals surface area contributed by atoms with Crippen LogP contribution in [0.2, 0.25) is 0 Å². The lowest BCUT2D eigenvalue weighted by Crippen LogP contribution is -2.45. The van der Waals surface area contributed by atoms with E-state index in [1.807, 2.05) is 43.4 Å². The molecule has 24 heavy (non-hydrogen) atoms. The summed E-state index contributed by atoms with van der Waals surface area (Å²) in [7, 11) is 1.86. The molecule has 0 saturated carbocycles. The van der Waals surface area contributed by atoms with Crippen molar-refractivity contribution in [3.8, 4) is 5.75 Å². The molecule has 0 saturated heterocycles. The van der Waals surface area contributed by atoms with Gasteiger partial charge in [0.15, 0.2) is 6.10 Å². The highest BCUT2D eigenvalue weighted by atomic mass is 16.5. The third kappa shape index (κ3) is 2.46. The maximum Gasteiger partial charge on any atom is 0.154 e. The normalized spacial score (nSPS) is 22.5. The molecule has 2 N–H and O–H groups in total. The molecule has 0 amide bonds. The fraction of sp³-hybridized carbons (Fsp3) is 0.238. The van der Waals surface area contributed by atoms with Gasteiger partial charge in [-0.1, -0.05) is 60.7 Å². The largest absolute Gasteiger partial charge is 0.482 e. The molecule has 3 aromatic rings. The predicted octanol–water partition coefficient (Wildman–Crippen LogP) is 3.47. The van der Waals surface area contributed by atoms with Crippen LogP contribution in [0.5, 0.6) is 5.75 Å². The van der Waals surface area contributed by atoms with Crippen LogP contribution in [0.1, 0.15) is 17.2 Å². The first-order valence-electron chi connectivity index (χ1n) is 8.30. The number of fused-ring (bicyclic) bond motifs is 2. The van der Waals surface area contributed by atoms with Gasteiger partial charge >= 0.3 is 0 Å². The van der Waals surface area contributed by atoms with Crippen LogP contribution in [0.4, 0.5) is 0 Å². The molecule has 122 valence electrons. The van der Waals surface area contributed by atoms with Crippen molar-refractivity contribution < 1.29 is 9.84 Å². The molecule has 2 atom stereocenters. The lowest BCUT2D eigenvalue weighted by molar-refractivity contribution is -0.0478. The van der Waals surface area contributed by atoms with Gasteiger partial charge in [0.25, 0.3) is 0 Å². The van der Waals surface area contributed by atoms with E-state index in [1.165, 1.54) is 0 Å². The minimum atomic E-state index is -0.949. The van der Waals surface area contributed by atoms with E-state index in [0.717, 1.165) is 27.6 Å². The lowest BCUT2D eigenvalue weighted by atomic mass is 9.97. The Morgan fingerprint density at radius 3 is 2.67 bits per heavy atom. The standard InChI is InChI=1S/C21H21NO2/c1-22-14-21(23)13-16-8-3-5-11-18(16)20(21)24-19-12-6-9-15-7-2-4-10-17(15)19/h2-12,20,22-23H,13-14H2,1H3. The fourth-order valence-electron chi connectivity index (χ4n) is 3.72. The summed E-state index contributed by atoms with van der Waals surface area (Å²) < 4.78 is 6.39. The number of hydrogen-bond acceptors (Lipinski definition) is 3. The fourth-order valence-corrected chi connectivity index (χ4v) is 3.72. The second-order valence-corrected chi connectivity index (χ2v) is 6.48. The Kier molecular flexibility index (Phi) is 3.75. The van der Waals surface area contributed by atoms with E-state index in [0.29, 0.717) is 13.0 Å². The van der Waals surface area contributed by atoms with Crippen molar-refractivity contribution in [1.29, 1.82) is 0 Å². The second-order valence-electron chi connectivity index (χ2n) is 6.48. The van der Waals surface area contributed by atoms with Crippen molar-refractivity contribution in [2.24, 2.45) is 0 Å². The molecule has 4 rings (SSSR count). The van der Waals surface area contributed by atoms with Gasteiger partial charge in [-0.15, -0.1) is 0 Å². The molecular weight excluding hydrogens is 298 g/mol. The average molecular weight is 319 g/mol. The molecule has 3 aromatic carbocycles. The predicted molar refractivity (Wildman–Crippen MR) is 96.3 cm³/mol. The van der Waals surface area contributed by atoms with Gasteiger partial charge in [0, 0.05) is 18.4 Å². The van der Waals surface area contributed by atoms with Gasteiger partial charge in [0.05, 0.1) is 0 Å². The van der Waals surface area contributed by atoms with Crippen LogP contribution in [0.25, 0.3) is 10.8 Å². The molecule has 0 aliphatic heterocycles. The molecule has 3 heteroatoms. The molecular formula is C21H21NO2. The molecule has 1 aliphatic rings. The van der Waals surface area contributed by atoms with Crippen LogP contribution in [0, 0.1) is 0 Å². The van der Waals surface area contributed by atoms with Crippen molar-refractivity contribution >= 4 is 10.8 Å². The summed E-state index contributed by atoms with van der Waals surface area (Å²) in [4.78, 5) is 0. The summed E-state index contributed by atoms with van der Waals surface area (Å²) in [6.07, 6.45) is 0.214. The van der Waals surface area contributed by atoms with Crippen molar-refractivity contribution in [2.75, 3.05) is 13.6 Å². The lowest BCUT2D eigenvalue weighted by Gasteiger charge is -2.31. The first-order chi connectivity index (χ1) is 11.7. The summed E-state index contributed by atoms with van der Waals surface area (Å²) in [5.41, 5.74) is 1.28. The number of hydrogen-bond donors (Lipinski definition) is 2. The molecule has 2 unspecified atom stereocenters. The Labute approximate surface area is 141 Å². The van der Waals surface area contributed by atoms with Gasteiger partial charge in [0.2, 0.25) is 0 Å². The summed E-state index contributed by atoms with van der Waals surface area (Å²) in [5.74, 6) is 0.810. The zero-order chi connectivity index (χ0) is 16.6. The van der Waals surface area contributed by atoms with Crippen LogP contribution in [-0.2, 0) is 6.42 Å². The highest BCUT2D eigenvalue weighted by Gasteiger charge is 2.46. The Hall–Kier alpha value is -2.36. The van der Waals surface area contributed by atoms with Gasteiger partial charge in [-0.3, -0.25) is 0 Å². The van der Waals surface area contributed by atoms with E-state index in [2.05, 4.69) is 35.6 Å². The van der Waals surface area contributed by atoms with Crippen LogP contribution in [0.3, 0.4) is 0 Å².